The minimum Gasteiger partial charge on any atom is -0.370 e. The number of nitrogens with zero attached hydrogens (tertiary/aromatic N) is 2. The van der Waals surface area contributed by atoms with E-state index in [2.05, 4.69) is 21.3 Å². The maximum absolute atomic E-state index is 13.7. The second-order valence-electron chi connectivity index (χ2n) is 8.43. The van der Waals surface area contributed by atoms with Crippen molar-refractivity contribution < 1.29 is 22.7 Å². The zero-order chi connectivity index (χ0) is 21.8. The zero-order valence-electron chi connectivity index (χ0n) is 17.3. The monoisotopic (exact) mass is 433 g/mol. The molecule has 1 atom stereocenters. The van der Waals surface area contributed by atoms with Gasteiger partial charge in [0, 0.05) is 56.3 Å². The van der Waals surface area contributed by atoms with E-state index in [0.29, 0.717) is 18.7 Å². The molecule has 2 aromatic rings. The number of hydrogen-bond donors (Lipinski definition) is 1. The van der Waals surface area contributed by atoms with Gasteiger partial charge in [0.1, 0.15) is 17.5 Å². The summed E-state index contributed by atoms with van der Waals surface area (Å²) in [7, 11) is 0. The number of aromatic nitrogens is 1. The van der Waals surface area contributed by atoms with Crippen LogP contribution in [-0.2, 0) is 22.5 Å². The Bertz CT molecular complexity index is 895. The summed E-state index contributed by atoms with van der Waals surface area (Å²) in [5.41, 5.74) is 0.611. The average molecular weight is 433 g/mol. The number of pyridine rings is 1. The molecular weight excluding hydrogens is 407 g/mol. The smallest absolute Gasteiger partial charge is 0.224 e. The number of amides is 1. The SMILES string of the molecule is O=C(Cc1c(F)cc(F)cc1F)NC[C@@H]1CCC2(CCN(Cc3cccnc3)CC2)O1. The van der Waals surface area contributed by atoms with Crippen LogP contribution in [0.4, 0.5) is 13.2 Å². The van der Waals surface area contributed by atoms with Crippen molar-refractivity contribution in [2.24, 2.45) is 0 Å². The summed E-state index contributed by atoms with van der Waals surface area (Å²) in [6, 6.07) is 5.18. The van der Waals surface area contributed by atoms with Gasteiger partial charge in [-0.1, -0.05) is 6.07 Å². The van der Waals surface area contributed by atoms with Gasteiger partial charge in [0.25, 0.3) is 0 Å². The van der Waals surface area contributed by atoms with E-state index in [9.17, 15) is 18.0 Å². The molecule has 8 heteroatoms. The summed E-state index contributed by atoms with van der Waals surface area (Å²) in [6.07, 6.45) is 6.71. The molecule has 1 amide bonds. The first-order chi connectivity index (χ1) is 14.9. The van der Waals surface area contributed by atoms with E-state index in [4.69, 9.17) is 4.74 Å². The van der Waals surface area contributed by atoms with Crippen LogP contribution in [0.15, 0.2) is 36.7 Å². The molecule has 2 saturated heterocycles. The van der Waals surface area contributed by atoms with Gasteiger partial charge in [0.15, 0.2) is 0 Å². The number of carbonyl (C=O) groups excluding carboxylic acids is 1. The fraction of sp³-hybridized carbons (Fsp3) is 0.478. The van der Waals surface area contributed by atoms with Crippen LogP contribution in [0.3, 0.4) is 0 Å². The summed E-state index contributed by atoms with van der Waals surface area (Å²) < 4.78 is 46.8. The summed E-state index contributed by atoms with van der Waals surface area (Å²) in [5.74, 6) is -3.63. The molecule has 31 heavy (non-hydrogen) atoms. The molecule has 3 heterocycles. The van der Waals surface area contributed by atoms with Crippen molar-refractivity contribution in [3.05, 3.63) is 65.2 Å². The predicted molar refractivity (Wildman–Crippen MR) is 109 cm³/mol. The van der Waals surface area contributed by atoms with Gasteiger partial charge in [-0.3, -0.25) is 14.7 Å². The van der Waals surface area contributed by atoms with Crippen LogP contribution < -0.4 is 5.32 Å². The van der Waals surface area contributed by atoms with E-state index in [0.717, 1.165) is 45.3 Å². The van der Waals surface area contributed by atoms with Crippen molar-refractivity contribution in [3.63, 3.8) is 0 Å². The first-order valence-electron chi connectivity index (χ1n) is 10.6. The molecule has 0 aliphatic carbocycles. The number of ether oxygens (including phenoxy) is 1. The molecule has 2 aliphatic heterocycles. The lowest BCUT2D eigenvalue weighted by Crippen LogP contribution is -2.45. The normalized spacial score (nSPS) is 20.8. The summed E-state index contributed by atoms with van der Waals surface area (Å²) in [5, 5.41) is 2.70. The molecule has 2 aliphatic rings. The number of carbonyl (C=O) groups is 1. The molecule has 1 aromatic heterocycles. The van der Waals surface area contributed by atoms with E-state index in [1.165, 1.54) is 5.56 Å². The van der Waals surface area contributed by atoms with E-state index >= 15 is 0 Å². The topological polar surface area (TPSA) is 54.5 Å². The number of benzene rings is 1. The van der Waals surface area contributed by atoms with Gasteiger partial charge in [-0.15, -0.1) is 0 Å². The number of piperidine rings is 1. The Morgan fingerprint density at radius 1 is 1.19 bits per heavy atom. The zero-order valence-corrected chi connectivity index (χ0v) is 17.3. The van der Waals surface area contributed by atoms with Gasteiger partial charge in [-0.25, -0.2) is 13.2 Å². The maximum atomic E-state index is 13.7. The second kappa shape index (κ2) is 9.36. The van der Waals surface area contributed by atoms with Crippen LogP contribution >= 0.6 is 0 Å². The minimum absolute atomic E-state index is 0.114. The van der Waals surface area contributed by atoms with E-state index in [-0.39, 0.29) is 11.7 Å². The summed E-state index contributed by atoms with van der Waals surface area (Å²) in [6.45, 7) is 3.05. The van der Waals surface area contributed by atoms with Gasteiger partial charge in [-0.05, 0) is 37.3 Å². The Morgan fingerprint density at radius 3 is 2.61 bits per heavy atom. The van der Waals surface area contributed by atoms with Crippen LogP contribution in [0.2, 0.25) is 0 Å². The third kappa shape index (κ3) is 5.43. The molecule has 1 spiro atoms. The Labute approximate surface area is 179 Å². The van der Waals surface area contributed by atoms with Gasteiger partial charge in [-0.2, -0.15) is 0 Å². The average Bonchev–Trinajstić information content (AvgIpc) is 3.14. The van der Waals surface area contributed by atoms with E-state index < -0.39 is 35.3 Å². The van der Waals surface area contributed by atoms with Crippen molar-refractivity contribution in [3.8, 4) is 0 Å². The molecule has 2 fully saturated rings. The highest BCUT2D eigenvalue weighted by molar-refractivity contribution is 5.78. The highest BCUT2D eigenvalue weighted by Gasteiger charge is 2.42. The number of halogens is 3. The van der Waals surface area contributed by atoms with Crippen LogP contribution in [0, 0.1) is 17.5 Å². The first-order valence-corrected chi connectivity index (χ1v) is 10.6. The standard InChI is InChI=1S/C23H26F3N3O2/c24-17-10-20(25)19(21(26)11-17)12-22(30)28-14-18-3-4-23(31-18)5-8-29(9-6-23)15-16-2-1-7-27-13-16/h1-2,7,10-11,13,18H,3-6,8-9,12,14-15H2,(H,28,30)/t18-/m0/s1. The number of hydrogen-bond acceptors (Lipinski definition) is 4. The van der Waals surface area contributed by atoms with Crippen molar-refractivity contribution in [2.75, 3.05) is 19.6 Å². The Balaban J connectivity index is 1.22. The van der Waals surface area contributed by atoms with Crippen molar-refractivity contribution >= 4 is 5.91 Å². The summed E-state index contributed by atoms with van der Waals surface area (Å²) in [4.78, 5) is 18.7. The van der Waals surface area contributed by atoms with Crippen molar-refractivity contribution in [1.29, 1.82) is 0 Å². The van der Waals surface area contributed by atoms with E-state index in [1.807, 2.05) is 12.3 Å². The molecular formula is C23H26F3N3O2. The van der Waals surface area contributed by atoms with E-state index in [1.54, 1.807) is 6.20 Å². The Morgan fingerprint density at radius 2 is 1.94 bits per heavy atom. The second-order valence-corrected chi connectivity index (χ2v) is 8.43. The molecule has 0 unspecified atom stereocenters. The van der Waals surface area contributed by atoms with Crippen LogP contribution in [0.5, 0.6) is 0 Å². The Hall–Kier alpha value is -2.45. The van der Waals surface area contributed by atoms with Crippen molar-refractivity contribution in [2.45, 2.75) is 50.4 Å². The van der Waals surface area contributed by atoms with Gasteiger partial charge >= 0.3 is 0 Å². The third-order valence-corrected chi connectivity index (χ3v) is 6.20. The van der Waals surface area contributed by atoms with Crippen LogP contribution in [-0.4, -0.2) is 47.1 Å². The number of rotatable bonds is 6. The number of likely N-dealkylation sites (tertiary alicyclic amines) is 1. The van der Waals surface area contributed by atoms with Gasteiger partial charge in [0.05, 0.1) is 18.1 Å². The fourth-order valence-electron chi connectivity index (χ4n) is 4.47. The molecule has 5 nitrogen and oxygen atoms in total. The van der Waals surface area contributed by atoms with Crippen molar-refractivity contribution in [1.82, 2.24) is 15.2 Å². The lowest BCUT2D eigenvalue weighted by molar-refractivity contribution is -0.122. The Kier molecular flexibility index (Phi) is 6.57. The fourth-order valence-corrected chi connectivity index (χ4v) is 4.47. The molecule has 4 rings (SSSR count). The van der Waals surface area contributed by atoms with Crippen LogP contribution in [0.1, 0.15) is 36.8 Å². The molecule has 0 bridgehead atoms. The lowest BCUT2D eigenvalue weighted by atomic mass is 9.88. The molecule has 0 saturated carbocycles. The molecule has 166 valence electrons. The summed E-state index contributed by atoms with van der Waals surface area (Å²) >= 11 is 0. The number of nitrogens with one attached hydrogen (secondary N) is 1. The third-order valence-electron chi connectivity index (χ3n) is 6.20. The largest absolute Gasteiger partial charge is 0.370 e. The van der Waals surface area contributed by atoms with Gasteiger partial charge in [0.2, 0.25) is 5.91 Å². The molecule has 0 radical (unpaired) electrons. The minimum atomic E-state index is -1.05. The first kappa shape index (κ1) is 21.8. The lowest BCUT2D eigenvalue weighted by Gasteiger charge is -2.39. The van der Waals surface area contributed by atoms with Crippen LogP contribution in [0.25, 0.3) is 0 Å². The quantitative estimate of drug-likeness (QED) is 0.759. The molecule has 1 N–H and O–H groups in total. The van der Waals surface area contributed by atoms with Gasteiger partial charge < -0.3 is 10.1 Å². The maximum Gasteiger partial charge on any atom is 0.224 e. The highest BCUT2D eigenvalue weighted by Crippen LogP contribution is 2.39. The predicted octanol–water partition coefficient (Wildman–Crippen LogP) is 3.37. The molecule has 1 aromatic carbocycles. The highest BCUT2D eigenvalue weighted by atomic mass is 19.1.